The maximum atomic E-state index is 11.4. The molecule has 2 amide bonds. The summed E-state index contributed by atoms with van der Waals surface area (Å²) in [7, 11) is 0. The molecule has 0 aromatic rings. The minimum atomic E-state index is -0.746. The minimum absolute atomic E-state index is 0.0847. The van der Waals surface area contributed by atoms with Crippen LogP contribution in [0.1, 0.15) is 41.5 Å². The van der Waals surface area contributed by atoms with Crippen molar-refractivity contribution >= 4 is 12.2 Å². The molecule has 12 heteroatoms. The second-order valence-electron chi connectivity index (χ2n) is 9.05. The molecule has 2 unspecified atom stereocenters. The first-order valence-corrected chi connectivity index (χ1v) is 10.8. The van der Waals surface area contributed by atoms with E-state index in [0.29, 0.717) is 32.7 Å². The van der Waals surface area contributed by atoms with Gasteiger partial charge in [-0.15, -0.1) is 0 Å². The second kappa shape index (κ2) is 17.8. The van der Waals surface area contributed by atoms with Crippen LogP contribution in [0.4, 0.5) is 9.59 Å². The number of hydrogen-bond donors (Lipinski definition) is 8. The van der Waals surface area contributed by atoms with Crippen molar-refractivity contribution in [2.24, 2.45) is 11.5 Å². The molecule has 0 spiro atoms. The first kappa shape index (κ1) is 32.5. The number of carbonyl (C=O) groups excluding carboxylic acids is 2. The Labute approximate surface area is 192 Å². The quantitative estimate of drug-likeness (QED) is 0.163. The molecule has 0 aromatic carbocycles. The summed E-state index contributed by atoms with van der Waals surface area (Å²) in [5.74, 6) is 0. The monoisotopic (exact) mass is 466 g/mol. The van der Waals surface area contributed by atoms with Crippen LogP contribution in [0.15, 0.2) is 0 Å². The van der Waals surface area contributed by atoms with E-state index in [4.69, 9.17) is 26.0 Å². The number of hydrogen-bond acceptors (Lipinski definition) is 10. The lowest BCUT2D eigenvalue weighted by molar-refractivity contribution is 0.0486. The van der Waals surface area contributed by atoms with E-state index in [0.717, 1.165) is 6.54 Å². The Kier molecular flexibility index (Phi) is 18.1. The molecular formula is C20H46N6O6. The smallest absolute Gasteiger partial charge is 0.407 e. The minimum Gasteiger partial charge on any atom is -0.444 e. The number of amides is 2. The second-order valence-corrected chi connectivity index (χ2v) is 9.05. The third kappa shape index (κ3) is 26.3. The lowest BCUT2D eigenvalue weighted by atomic mass is 10.2. The van der Waals surface area contributed by atoms with Crippen molar-refractivity contribution in [2.75, 3.05) is 52.4 Å². The molecule has 0 heterocycles. The Morgan fingerprint density at radius 1 is 0.750 bits per heavy atom. The van der Waals surface area contributed by atoms with Gasteiger partial charge >= 0.3 is 12.2 Å². The molecule has 0 aliphatic heterocycles. The number of rotatable bonds is 12. The summed E-state index contributed by atoms with van der Waals surface area (Å²) in [6.07, 6.45) is -2.23. The van der Waals surface area contributed by atoms with Crippen molar-refractivity contribution in [3.8, 4) is 0 Å². The Bertz CT molecular complexity index is 496. The summed E-state index contributed by atoms with van der Waals surface area (Å²) in [5, 5.41) is 29.5. The Hall–Kier alpha value is -1.70. The van der Waals surface area contributed by atoms with Crippen LogP contribution in [0.3, 0.4) is 0 Å². The summed E-state index contributed by atoms with van der Waals surface area (Å²) >= 11 is 0. The molecule has 12 nitrogen and oxygen atoms in total. The molecule has 0 aromatic heterocycles. The Morgan fingerprint density at radius 2 is 1.22 bits per heavy atom. The fraction of sp³-hybridized carbons (Fsp3) is 0.900. The molecule has 192 valence electrons. The van der Waals surface area contributed by atoms with Gasteiger partial charge in [0.1, 0.15) is 11.2 Å². The molecule has 0 aliphatic rings. The zero-order valence-electron chi connectivity index (χ0n) is 20.5. The lowest BCUT2D eigenvalue weighted by Gasteiger charge is -2.21. The van der Waals surface area contributed by atoms with Crippen LogP contribution in [-0.2, 0) is 9.47 Å². The van der Waals surface area contributed by atoms with Gasteiger partial charge in [0.05, 0.1) is 12.2 Å². The summed E-state index contributed by atoms with van der Waals surface area (Å²) < 4.78 is 10.1. The maximum absolute atomic E-state index is 11.4. The van der Waals surface area contributed by atoms with E-state index < -0.39 is 35.6 Å². The SMILES string of the molecule is CC(C)(C)OC(=O)NCCNCC(O)CNC(=O)OC(C)(C)C.NCCNCC(O)CN. The van der Waals surface area contributed by atoms with Gasteiger partial charge in [0.25, 0.3) is 0 Å². The van der Waals surface area contributed by atoms with Crippen molar-refractivity contribution in [3.63, 3.8) is 0 Å². The molecule has 0 fully saturated rings. The van der Waals surface area contributed by atoms with Crippen molar-refractivity contribution in [1.82, 2.24) is 21.3 Å². The predicted octanol–water partition coefficient (Wildman–Crippen LogP) is -1.16. The summed E-state index contributed by atoms with van der Waals surface area (Å²) in [6.45, 7) is 14.1. The molecule has 32 heavy (non-hydrogen) atoms. The van der Waals surface area contributed by atoms with E-state index in [-0.39, 0.29) is 13.1 Å². The van der Waals surface area contributed by atoms with Gasteiger partial charge in [-0.05, 0) is 41.5 Å². The van der Waals surface area contributed by atoms with Crippen LogP contribution in [-0.4, -0.2) is 98.2 Å². The fourth-order valence-electron chi connectivity index (χ4n) is 1.88. The highest BCUT2D eigenvalue weighted by atomic mass is 16.6. The van der Waals surface area contributed by atoms with Crippen LogP contribution < -0.4 is 32.7 Å². The Balaban J connectivity index is 0. The van der Waals surface area contributed by atoms with Gasteiger partial charge in [0.15, 0.2) is 0 Å². The molecule has 0 rings (SSSR count). The molecule has 0 radical (unpaired) electrons. The van der Waals surface area contributed by atoms with Crippen LogP contribution in [0.2, 0.25) is 0 Å². The normalized spacial score (nSPS) is 13.3. The van der Waals surface area contributed by atoms with E-state index in [1.54, 1.807) is 41.5 Å². The number of ether oxygens (including phenoxy) is 2. The topological polar surface area (TPSA) is 193 Å². The number of aliphatic hydroxyl groups excluding tert-OH is 2. The van der Waals surface area contributed by atoms with Crippen molar-refractivity contribution in [1.29, 1.82) is 0 Å². The van der Waals surface area contributed by atoms with E-state index in [2.05, 4.69) is 21.3 Å². The molecule has 0 saturated carbocycles. The highest BCUT2D eigenvalue weighted by Crippen LogP contribution is 2.06. The largest absolute Gasteiger partial charge is 0.444 e. The number of carbonyl (C=O) groups is 2. The standard InChI is InChI=1S/C15H31N3O5.C5H15N3O/c1-14(2,3)22-12(20)17-8-7-16-9-11(19)10-18-13(21)23-15(4,5)6;6-1-2-8-4-5(9)3-7/h11,16,19H,7-10H2,1-6H3,(H,17,20)(H,18,21);5,8-9H,1-4,6-7H2. The zero-order chi connectivity index (χ0) is 25.2. The summed E-state index contributed by atoms with van der Waals surface area (Å²) in [4.78, 5) is 22.8. The summed E-state index contributed by atoms with van der Waals surface area (Å²) in [6, 6.07) is 0. The lowest BCUT2D eigenvalue weighted by Crippen LogP contribution is -2.42. The van der Waals surface area contributed by atoms with Crippen LogP contribution >= 0.6 is 0 Å². The van der Waals surface area contributed by atoms with E-state index in [1.807, 2.05) is 0 Å². The molecule has 10 N–H and O–H groups in total. The van der Waals surface area contributed by atoms with Crippen molar-refractivity contribution in [2.45, 2.75) is 65.0 Å². The van der Waals surface area contributed by atoms with Gasteiger partial charge in [-0.3, -0.25) is 0 Å². The average molecular weight is 467 g/mol. The van der Waals surface area contributed by atoms with Gasteiger partial charge < -0.3 is 52.4 Å². The summed E-state index contributed by atoms with van der Waals surface area (Å²) in [5.41, 5.74) is 9.22. The maximum Gasteiger partial charge on any atom is 0.407 e. The number of alkyl carbamates (subject to hydrolysis) is 2. The van der Waals surface area contributed by atoms with Crippen molar-refractivity contribution in [3.05, 3.63) is 0 Å². The van der Waals surface area contributed by atoms with E-state index >= 15 is 0 Å². The van der Waals surface area contributed by atoms with Gasteiger partial charge in [0.2, 0.25) is 0 Å². The van der Waals surface area contributed by atoms with Crippen LogP contribution in [0.5, 0.6) is 0 Å². The van der Waals surface area contributed by atoms with Gasteiger partial charge in [-0.2, -0.15) is 0 Å². The van der Waals surface area contributed by atoms with Gasteiger partial charge in [-0.1, -0.05) is 0 Å². The first-order chi connectivity index (χ1) is 14.7. The third-order valence-electron chi connectivity index (χ3n) is 3.20. The molecule has 0 saturated heterocycles. The number of nitrogens with one attached hydrogen (secondary N) is 4. The Morgan fingerprint density at radius 3 is 1.69 bits per heavy atom. The third-order valence-corrected chi connectivity index (χ3v) is 3.20. The van der Waals surface area contributed by atoms with Gasteiger partial charge in [0, 0.05) is 52.4 Å². The zero-order valence-corrected chi connectivity index (χ0v) is 20.5. The molecule has 0 aliphatic carbocycles. The highest BCUT2D eigenvalue weighted by Gasteiger charge is 2.17. The van der Waals surface area contributed by atoms with Crippen LogP contribution in [0, 0.1) is 0 Å². The molecular weight excluding hydrogens is 420 g/mol. The van der Waals surface area contributed by atoms with E-state index in [9.17, 15) is 14.7 Å². The van der Waals surface area contributed by atoms with E-state index in [1.165, 1.54) is 0 Å². The fourth-order valence-corrected chi connectivity index (χ4v) is 1.88. The van der Waals surface area contributed by atoms with Crippen molar-refractivity contribution < 1.29 is 29.3 Å². The molecule has 0 bridgehead atoms. The number of nitrogens with two attached hydrogens (primary N) is 2. The predicted molar refractivity (Wildman–Crippen MR) is 124 cm³/mol. The highest BCUT2D eigenvalue weighted by molar-refractivity contribution is 5.68. The average Bonchev–Trinajstić information content (AvgIpc) is 2.64. The molecule has 2 atom stereocenters. The first-order valence-electron chi connectivity index (χ1n) is 10.8. The van der Waals surface area contributed by atoms with Gasteiger partial charge in [-0.25, -0.2) is 9.59 Å². The number of aliphatic hydroxyl groups is 2. The van der Waals surface area contributed by atoms with Crippen LogP contribution in [0.25, 0.3) is 0 Å².